The number of amides is 1. The van der Waals surface area contributed by atoms with Crippen molar-refractivity contribution in [3.63, 3.8) is 0 Å². The van der Waals surface area contributed by atoms with E-state index < -0.39 is 5.82 Å². The lowest BCUT2D eigenvalue weighted by Gasteiger charge is -2.20. The summed E-state index contributed by atoms with van der Waals surface area (Å²) < 4.78 is 33.2. The van der Waals surface area contributed by atoms with Gasteiger partial charge in [-0.05, 0) is 29.8 Å². The molecule has 2 saturated heterocycles. The maximum absolute atomic E-state index is 13.9. The van der Waals surface area contributed by atoms with Gasteiger partial charge >= 0.3 is 0 Å². The van der Waals surface area contributed by atoms with Crippen LogP contribution < -0.4 is 4.74 Å². The summed E-state index contributed by atoms with van der Waals surface area (Å²) in [5, 5.41) is 0. The summed E-state index contributed by atoms with van der Waals surface area (Å²) in [6.45, 7) is 1.93. The van der Waals surface area contributed by atoms with Crippen LogP contribution in [-0.4, -0.2) is 66.0 Å². The zero-order chi connectivity index (χ0) is 21.4. The molecule has 0 saturated carbocycles. The van der Waals surface area contributed by atoms with Crippen molar-refractivity contribution in [3.05, 3.63) is 60.2 Å². The van der Waals surface area contributed by atoms with Crippen molar-refractivity contribution in [1.82, 2.24) is 14.5 Å². The van der Waals surface area contributed by atoms with Crippen LogP contribution in [0.2, 0.25) is 0 Å². The summed E-state index contributed by atoms with van der Waals surface area (Å²) in [7, 11) is 1.41. The molecular formula is C23H24FN3O4. The fraction of sp³-hybridized carbons (Fsp3) is 0.391. The van der Waals surface area contributed by atoms with Gasteiger partial charge in [0.05, 0.1) is 50.1 Å². The summed E-state index contributed by atoms with van der Waals surface area (Å²) in [6, 6.07) is 12.6. The van der Waals surface area contributed by atoms with Crippen LogP contribution in [-0.2, 0) is 20.7 Å². The third-order valence-electron chi connectivity index (χ3n) is 6.02. The van der Waals surface area contributed by atoms with Crippen molar-refractivity contribution in [2.24, 2.45) is 0 Å². The van der Waals surface area contributed by atoms with E-state index in [1.807, 2.05) is 30.6 Å². The molecular weight excluding hydrogens is 401 g/mol. The van der Waals surface area contributed by atoms with Gasteiger partial charge in [-0.15, -0.1) is 0 Å². The summed E-state index contributed by atoms with van der Waals surface area (Å²) >= 11 is 0. The lowest BCUT2D eigenvalue weighted by molar-refractivity contribution is -0.130. The van der Waals surface area contributed by atoms with Crippen molar-refractivity contribution >= 4 is 16.9 Å². The molecule has 2 fully saturated rings. The molecule has 1 amide bonds. The second-order valence-electron chi connectivity index (χ2n) is 7.98. The van der Waals surface area contributed by atoms with Gasteiger partial charge in [0.1, 0.15) is 12.2 Å². The van der Waals surface area contributed by atoms with Gasteiger partial charge in [-0.1, -0.05) is 18.2 Å². The number of halogens is 1. The minimum atomic E-state index is -0.468. The normalized spacial score (nSPS) is 21.8. The average molecular weight is 425 g/mol. The number of aromatic nitrogens is 2. The van der Waals surface area contributed by atoms with E-state index in [0.29, 0.717) is 31.9 Å². The van der Waals surface area contributed by atoms with Gasteiger partial charge in [-0.25, -0.2) is 9.37 Å². The van der Waals surface area contributed by atoms with E-state index in [2.05, 4.69) is 9.55 Å². The first-order chi connectivity index (χ1) is 15.1. The van der Waals surface area contributed by atoms with Crippen LogP contribution in [0.1, 0.15) is 11.6 Å². The molecule has 2 aliphatic rings. The van der Waals surface area contributed by atoms with E-state index in [1.165, 1.54) is 19.2 Å². The van der Waals surface area contributed by atoms with Gasteiger partial charge in [0.2, 0.25) is 5.91 Å². The molecule has 3 aromatic rings. The Bertz CT molecular complexity index is 1090. The Kier molecular flexibility index (Phi) is 5.33. The van der Waals surface area contributed by atoms with Crippen LogP contribution in [0.5, 0.6) is 5.75 Å². The zero-order valence-electron chi connectivity index (χ0n) is 17.2. The molecule has 0 bridgehead atoms. The maximum Gasteiger partial charge on any atom is 0.227 e. The first kappa shape index (κ1) is 20.0. The van der Waals surface area contributed by atoms with Gasteiger partial charge in [0.15, 0.2) is 11.6 Å². The Morgan fingerprint density at radius 3 is 2.61 bits per heavy atom. The van der Waals surface area contributed by atoms with Crippen LogP contribution in [0, 0.1) is 5.82 Å². The molecule has 0 unspecified atom stereocenters. The summed E-state index contributed by atoms with van der Waals surface area (Å²) in [4.78, 5) is 18.9. The zero-order valence-corrected chi connectivity index (χ0v) is 17.2. The van der Waals surface area contributed by atoms with Crippen LogP contribution in [0.15, 0.2) is 48.8 Å². The minimum Gasteiger partial charge on any atom is -0.494 e. The van der Waals surface area contributed by atoms with Crippen molar-refractivity contribution in [1.29, 1.82) is 0 Å². The number of carbonyl (C=O) groups is 1. The molecule has 0 radical (unpaired) electrons. The number of hydrogen-bond donors (Lipinski definition) is 0. The highest BCUT2D eigenvalue weighted by molar-refractivity contribution is 5.79. The smallest absolute Gasteiger partial charge is 0.227 e. The molecule has 2 aromatic carbocycles. The van der Waals surface area contributed by atoms with Crippen LogP contribution in [0.25, 0.3) is 11.0 Å². The monoisotopic (exact) mass is 425 g/mol. The summed E-state index contributed by atoms with van der Waals surface area (Å²) in [5.41, 5.74) is 2.61. The number of carbonyl (C=O) groups excluding carboxylic acids is 1. The fourth-order valence-electron chi connectivity index (χ4n) is 4.32. The molecule has 1 aromatic heterocycles. The SMILES string of the molecule is COc1ccc(CC(=O)N2C[C@@H]3OCC(n4cnc5ccccc54)CO[C@H]3C2)cc1F. The van der Waals surface area contributed by atoms with E-state index in [-0.39, 0.29) is 36.3 Å². The minimum absolute atomic E-state index is 0.0319. The molecule has 5 rings (SSSR count). The Morgan fingerprint density at radius 1 is 1.16 bits per heavy atom. The number of fused-ring (bicyclic) bond motifs is 2. The van der Waals surface area contributed by atoms with Gasteiger partial charge < -0.3 is 23.7 Å². The first-order valence-electron chi connectivity index (χ1n) is 10.4. The Morgan fingerprint density at radius 2 is 1.90 bits per heavy atom. The lowest BCUT2D eigenvalue weighted by Crippen LogP contribution is -2.32. The molecule has 0 N–H and O–H groups in total. The first-order valence-corrected chi connectivity index (χ1v) is 10.4. The number of hydrogen-bond acceptors (Lipinski definition) is 5. The molecule has 2 aliphatic heterocycles. The van der Waals surface area contributed by atoms with Crippen LogP contribution in [0.4, 0.5) is 4.39 Å². The van der Waals surface area contributed by atoms with E-state index in [0.717, 1.165) is 11.0 Å². The van der Waals surface area contributed by atoms with Crippen LogP contribution >= 0.6 is 0 Å². The summed E-state index contributed by atoms with van der Waals surface area (Å²) in [5.74, 6) is -0.368. The third-order valence-corrected chi connectivity index (χ3v) is 6.02. The second kappa shape index (κ2) is 8.28. The largest absolute Gasteiger partial charge is 0.494 e. The molecule has 8 heteroatoms. The quantitative estimate of drug-likeness (QED) is 0.643. The molecule has 0 spiro atoms. The fourth-order valence-corrected chi connectivity index (χ4v) is 4.32. The number of imidazole rings is 1. The number of likely N-dealkylation sites (tertiary alicyclic amines) is 1. The van der Waals surface area contributed by atoms with Gasteiger partial charge in [-0.3, -0.25) is 4.79 Å². The number of para-hydroxylation sites is 2. The standard InChI is InChI=1S/C23H24FN3O4/c1-29-20-7-6-15(8-17(20)24)9-23(28)26-10-21-22(11-26)31-13-16(12-30-21)27-14-25-18-4-2-3-5-19(18)27/h2-8,14,16,21-22H,9-13H2,1H3/t21-,22-/m0/s1. The Labute approximate surface area is 179 Å². The molecule has 162 valence electrons. The lowest BCUT2D eigenvalue weighted by atomic mass is 10.1. The third kappa shape index (κ3) is 3.88. The van der Waals surface area contributed by atoms with E-state index in [4.69, 9.17) is 14.2 Å². The van der Waals surface area contributed by atoms with E-state index in [1.54, 1.807) is 11.0 Å². The second-order valence-corrected chi connectivity index (χ2v) is 7.98. The van der Waals surface area contributed by atoms with Gasteiger partial charge in [0.25, 0.3) is 0 Å². The van der Waals surface area contributed by atoms with Crippen molar-refractivity contribution in [3.8, 4) is 5.75 Å². The van der Waals surface area contributed by atoms with Crippen LogP contribution in [0.3, 0.4) is 0 Å². The van der Waals surface area contributed by atoms with E-state index >= 15 is 0 Å². The molecule has 3 heterocycles. The van der Waals surface area contributed by atoms with Gasteiger partial charge in [-0.2, -0.15) is 0 Å². The van der Waals surface area contributed by atoms with Crippen molar-refractivity contribution in [2.45, 2.75) is 24.7 Å². The average Bonchev–Trinajstić information content (AvgIpc) is 3.34. The predicted octanol–water partition coefficient (Wildman–Crippen LogP) is 2.59. The number of ether oxygens (including phenoxy) is 3. The van der Waals surface area contributed by atoms with Gasteiger partial charge in [0, 0.05) is 13.1 Å². The molecule has 7 nitrogen and oxygen atoms in total. The van der Waals surface area contributed by atoms with E-state index in [9.17, 15) is 9.18 Å². The Hall–Kier alpha value is -2.97. The number of methoxy groups -OCH3 is 1. The number of benzene rings is 2. The highest BCUT2D eigenvalue weighted by Crippen LogP contribution is 2.27. The number of nitrogens with zero attached hydrogens (tertiary/aromatic N) is 3. The highest BCUT2D eigenvalue weighted by atomic mass is 19.1. The highest BCUT2D eigenvalue weighted by Gasteiger charge is 2.39. The molecule has 0 aliphatic carbocycles. The topological polar surface area (TPSA) is 65.8 Å². The molecule has 2 atom stereocenters. The van der Waals surface area contributed by atoms with Crippen molar-refractivity contribution < 1.29 is 23.4 Å². The predicted molar refractivity (Wildman–Crippen MR) is 111 cm³/mol. The Balaban J connectivity index is 1.21. The maximum atomic E-state index is 13.9. The molecule has 31 heavy (non-hydrogen) atoms. The summed E-state index contributed by atoms with van der Waals surface area (Å²) in [6.07, 6.45) is 1.62. The number of rotatable bonds is 4. The van der Waals surface area contributed by atoms with Crippen molar-refractivity contribution in [2.75, 3.05) is 33.4 Å².